The first-order valence-corrected chi connectivity index (χ1v) is 7.18. The second-order valence-corrected chi connectivity index (χ2v) is 5.33. The Morgan fingerprint density at radius 1 is 1.40 bits per heavy atom. The van der Waals surface area contributed by atoms with Crippen LogP contribution in [-0.4, -0.2) is 42.2 Å². The van der Waals surface area contributed by atoms with Gasteiger partial charge in [-0.3, -0.25) is 0 Å². The smallest absolute Gasteiger partial charge is 0.336 e. The van der Waals surface area contributed by atoms with Crippen LogP contribution in [0.15, 0.2) is 12.1 Å². The minimum atomic E-state index is -0.935. The van der Waals surface area contributed by atoms with Gasteiger partial charge in [0.25, 0.3) is 0 Å². The van der Waals surface area contributed by atoms with Gasteiger partial charge in [0.15, 0.2) is 0 Å². The maximum Gasteiger partial charge on any atom is 0.336 e. The first-order valence-electron chi connectivity index (χ1n) is 7.18. The SMILES string of the molecule is Cc1c(C(=O)O)ccc(NCCCN2CCCC2)c1N. The average molecular weight is 277 g/mol. The van der Waals surface area contributed by atoms with Crippen LogP contribution in [0.4, 0.5) is 11.4 Å². The molecule has 0 aromatic heterocycles. The van der Waals surface area contributed by atoms with Crippen molar-refractivity contribution in [2.75, 3.05) is 37.2 Å². The molecule has 1 aliphatic rings. The molecule has 1 heterocycles. The van der Waals surface area contributed by atoms with Crippen molar-refractivity contribution < 1.29 is 9.90 Å². The van der Waals surface area contributed by atoms with Gasteiger partial charge in [0.1, 0.15) is 0 Å². The van der Waals surface area contributed by atoms with Crippen molar-refractivity contribution in [2.45, 2.75) is 26.2 Å². The molecule has 1 aromatic rings. The predicted molar refractivity (Wildman–Crippen MR) is 81.3 cm³/mol. The molecule has 110 valence electrons. The lowest BCUT2D eigenvalue weighted by Crippen LogP contribution is -2.22. The second kappa shape index (κ2) is 6.61. The van der Waals surface area contributed by atoms with E-state index in [4.69, 9.17) is 10.8 Å². The first-order chi connectivity index (χ1) is 9.59. The van der Waals surface area contributed by atoms with Gasteiger partial charge in [-0.1, -0.05) is 0 Å². The quantitative estimate of drug-likeness (QED) is 0.548. The van der Waals surface area contributed by atoms with E-state index >= 15 is 0 Å². The molecule has 0 spiro atoms. The fourth-order valence-corrected chi connectivity index (χ4v) is 2.65. The minimum absolute atomic E-state index is 0.269. The molecule has 1 fully saturated rings. The van der Waals surface area contributed by atoms with E-state index in [0.29, 0.717) is 11.3 Å². The zero-order chi connectivity index (χ0) is 14.5. The number of rotatable bonds is 6. The highest BCUT2D eigenvalue weighted by Gasteiger charge is 2.13. The highest BCUT2D eigenvalue weighted by molar-refractivity contribution is 5.93. The molecule has 0 amide bonds. The van der Waals surface area contributed by atoms with Crippen molar-refractivity contribution in [3.05, 3.63) is 23.3 Å². The molecular formula is C15H23N3O2. The Morgan fingerprint density at radius 3 is 2.75 bits per heavy atom. The zero-order valence-corrected chi connectivity index (χ0v) is 12.0. The van der Waals surface area contributed by atoms with Gasteiger partial charge < -0.3 is 21.1 Å². The fourth-order valence-electron chi connectivity index (χ4n) is 2.65. The normalized spacial score (nSPS) is 15.4. The molecule has 0 saturated carbocycles. The third-order valence-electron chi connectivity index (χ3n) is 3.91. The number of carboxylic acid groups (broad SMARTS) is 1. The highest BCUT2D eigenvalue weighted by Crippen LogP contribution is 2.25. The summed E-state index contributed by atoms with van der Waals surface area (Å²) < 4.78 is 0. The topological polar surface area (TPSA) is 78.6 Å². The van der Waals surface area contributed by atoms with E-state index in [1.165, 1.54) is 25.9 Å². The number of likely N-dealkylation sites (tertiary alicyclic amines) is 1. The van der Waals surface area contributed by atoms with Crippen LogP contribution >= 0.6 is 0 Å². The van der Waals surface area contributed by atoms with Crippen molar-refractivity contribution in [2.24, 2.45) is 0 Å². The Labute approximate surface area is 119 Å². The lowest BCUT2D eigenvalue weighted by atomic mass is 10.1. The monoisotopic (exact) mass is 277 g/mol. The Balaban J connectivity index is 1.86. The summed E-state index contributed by atoms with van der Waals surface area (Å²) in [5, 5.41) is 12.3. The lowest BCUT2D eigenvalue weighted by molar-refractivity contribution is 0.0696. The Kier molecular flexibility index (Phi) is 4.84. The standard InChI is InChI=1S/C15H23N3O2/c1-11-12(15(19)20)5-6-13(14(11)16)17-7-4-10-18-8-2-3-9-18/h5-6,17H,2-4,7-10,16H2,1H3,(H,19,20). The molecule has 0 bridgehead atoms. The molecule has 1 aromatic carbocycles. The number of benzene rings is 1. The number of anilines is 2. The van der Waals surface area contributed by atoms with Crippen molar-refractivity contribution >= 4 is 17.3 Å². The molecule has 20 heavy (non-hydrogen) atoms. The number of hydrogen-bond donors (Lipinski definition) is 3. The molecule has 0 radical (unpaired) electrons. The highest BCUT2D eigenvalue weighted by atomic mass is 16.4. The first kappa shape index (κ1) is 14.7. The van der Waals surface area contributed by atoms with Gasteiger partial charge in [-0.05, 0) is 63.5 Å². The van der Waals surface area contributed by atoms with Crippen molar-refractivity contribution in [1.82, 2.24) is 4.90 Å². The van der Waals surface area contributed by atoms with Crippen LogP contribution in [-0.2, 0) is 0 Å². The molecule has 0 aliphatic carbocycles. The van der Waals surface area contributed by atoms with Gasteiger partial charge in [0.05, 0.1) is 16.9 Å². The summed E-state index contributed by atoms with van der Waals surface area (Å²) in [5.74, 6) is -0.935. The van der Waals surface area contributed by atoms with Crippen LogP contribution in [0.1, 0.15) is 35.2 Å². The van der Waals surface area contributed by atoms with Gasteiger partial charge in [0.2, 0.25) is 0 Å². The predicted octanol–water partition coefficient (Wildman–Crippen LogP) is 2.17. The number of aromatic carboxylic acids is 1. The third-order valence-corrected chi connectivity index (χ3v) is 3.91. The summed E-state index contributed by atoms with van der Waals surface area (Å²) in [7, 11) is 0. The number of carboxylic acids is 1. The van der Waals surface area contributed by atoms with Gasteiger partial charge >= 0.3 is 5.97 Å². The van der Waals surface area contributed by atoms with Crippen LogP contribution in [0.3, 0.4) is 0 Å². The molecule has 1 saturated heterocycles. The third kappa shape index (κ3) is 3.42. The second-order valence-electron chi connectivity index (χ2n) is 5.33. The average Bonchev–Trinajstić information content (AvgIpc) is 2.92. The van der Waals surface area contributed by atoms with Crippen LogP contribution in [0.2, 0.25) is 0 Å². The van der Waals surface area contributed by atoms with E-state index in [-0.39, 0.29) is 5.56 Å². The molecule has 1 aliphatic heterocycles. The summed E-state index contributed by atoms with van der Waals surface area (Å²) in [6, 6.07) is 3.36. The molecule has 5 nitrogen and oxygen atoms in total. The molecule has 0 atom stereocenters. The van der Waals surface area contributed by atoms with E-state index < -0.39 is 5.97 Å². The van der Waals surface area contributed by atoms with E-state index in [1.54, 1.807) is 19.1 Å². The summed E-state index contributed by atoms with van der Waals surface area (Å²) in [6.07, 6.45) is 3.70. The minimum Gasteiger partial charge on any atom is -0.478 e. The number of nitrogen functional groups attached to an aromatic ring is 1. The van der Waals surface area contributed by atoms with E-state index in [1.807, 2.05) is 0 Å². The van der Waals surface area contributed by atoms with Crippen molar-refractivity contribution in [1.29, 1.82) is 0 Å². The largest absolute Gasteiger partial charge is 0.478 e. The van der Waals surface area contributed by atoms with Crippen LogP contribution in [0.5, 0.6) is 0 Å². The van der Waals surface area contributed by atoms with Crippen molar-refractivity contribution in [3.8, 4) is 0 Å². The molecule has 0 unspecified atom stereocenters. The van der Waals surface area contributed by atoms with E-state index in [9.17, 15) is 4.79 Å². The van der Waals surface area contributed by atoms with Gasteiger partial charge in [-0.2, -0.15) is 0 Å². The molecule has 5 heteroatoms. The number of carbonyl (C=O) groups is 1. The van der Waals surface area contributed by atoms with Crippen LogP contribution in [0.25, 0.3) is 0 Å². The van der Waals surface area contributed by atoms with Gasteiger partial charge in [-0.15, -0.1) is 0 Å². The fraction of sp³-hybridized carbons (Fsp3) is 0.533. The van der Waals surface area contributed by atoms with Crippen LogP contribution in [0, 0.1) is 6.92 Å². The summed E-state index contributed by atoms with van der Waals surface area (Å²) in [5.41, 5.74) is 8.25. The number of nitrogens with one attached hydrogen (secondary N) is 1. The Bertz CT molecular complexity index is 482. The summed E-state index contributed by atoms with van der Waals surface area (Å²) in [6.45, 7) is 6.14. The summed E-state index contributed by atoms with van der Waals surface area (Å²) >= 11 is 0. The number of nitrogens with zero attached hydrogens (tertiary/aromatic N) is 1. The molecule has 4 N–H and O–H groups in total. The lowest BCUT2D eigenvalue weighted by Gasteiger charge is -2.16. The molecular weight excluding hydrogens is 254 g/mol. The van der Waals surface area contributed by atoms with Crippen molar-refractivity contribution in [3.63, 3.8) is 0 Å². The van der Waals surface area contributed by atoms with Crippen LogP contribution < -0.4 is 11.1 Å². The number of nitrogens with two attached hydrogens (primary N) is 1. The Hall–Kier alpha value is -1.75. The van der Waals surface area contributed by atoms with Gasteiger partial charge in [-0.25, -0.2) is 4.79 Å². The zero-order valence-electron chi connectivity index (χ0n) is 12.0. The Morgan fingerprint density at radius 2 is 2.10 bits per heavy atom. The van der Waals surface area contributed by atoms with E-state index in [2.05, 4.69) is 10.2 Å². The maximum atomic E-state index is 11.0. The van der Waals surface area contributed by atoms with E-state index in [0.717, 1.165) is 25.2 Å². The maximum absolute atomic E-state index is 11.0. The van der Waals surface area contributed by atoms with Gasteiger partial charge in [0, 0.05) is 6.54 Å². The number of hydrogen-bond acceptors (Lipinski definition) is 4. The molecule has 2 rings (SSSR count). The summed E-state index contributed by atoms with van der Waals surface area (Å²) in [4.78, 5) is 13.5.